The Balaban J connectivity index is 1.46. The minimum Gasteiger partial charge on any atom is -0.495 e. The van der Waals surface area contributed by atoms with Crippen molar-refractivity contribution in [3.05, 3.63) is 65.3 Å². The standard InChI is InChI=1S/C25H24BrF3N6O2/c1-15-11-33(14-30-15)21-8-6-16(10-23(21)37-2)19-12-35(32-31-19)22-9-7-17-18(26)4-3-5-20(17)34(24(22)36)13-25(27,28)29/h3-6,8,10-12,14,17,20,22H,7,9,13H2,1-2H3. The number of amides is 1. The largest absolute Gasteiger partial charge is 0.495 e. The number of aryl methyl sites for hydroxylation is 1. The Morgan fingerprint density at radius 2 is 2.03 bits per heavy atom. The molecule has 5 rings (SSSR count). The molecule has 0 N–H and O–H groups in total. The highest BCUT2D eigenvalue weighted by molar-refractivity contribution is 9.11. The predicted octanol–water partition coefficient (Wildman–Crippen LogP) is 5.01. The van der Waals surface area contributed by atoms with Crippen molar-refractivity contribution in [2.45, 2.75) is 38.0 Å². The molecule has 2 aliphatic rings. The van der Waals surface area contributed by atoms with Gasteiger partial charge in [-0.05, 0) is 31.9 Å². The molecule has 3 atom stereocenters. The summed E-state index contributed by atoms with van der Waals surface area (Å²) in [6, 6.07) is 3.90. The number of rotatable bonds is 5. The van der Waals surface area contributed by atoms with E-state index in [4.69, 9.17) is 4.74 Å². The lowest BCUT2D eigenvalue weighted by Gasteiger charge is -2.35. The number of methoxy groups -OCH3 is 1. The molecule has 0 saturated carbocycles. The van der Waals surface area contributed by atoms with Crippen molar-refractivity contribution in [2.75, 3.05) is 13.7 Å². The molecule has 1 fully saturated rings. The van der Waals surface area contributed by atoms with Gasteiger partial charge in [-0.1, -0.05) is 45.4 Å². The van der Waals surface area contributed by atoms with Gasteiger partial charge in [0, 0.05) is 22.2 Å². The summed E-state index contributed by atoms with van der Waals surface area (Å²) < 4.78 is 50.0. The number of benzene rings is 1. The number of ether oxygens (including phenoxy) is 1. The number of hydrogen-bond acceptors (Lipinski definition) is 5. The number of carbonyl (C=O) groups is 1. The summed E-state index contributed by atoms with van der Waals surface area (Å²) in [4.78, 5) is 18.6. The minimum absolute atomic E-state index is 0.257. The number of imidazole rings is 1. The highest BCUT2D eigenvalue weighted by Crippen LogP contribution is 2.40. The van der Waals surface area contributed by atoms with Crippen molar-refractivity contribution in [1.29, 1.82) is 0 Å². The first-order valence-electron chi connectivity index (χ1n) is 11.7. The van der Waals surface area contributed by atoms with Crippen molar-refractivity contribution < 1.29 is 22.7 Å². The van der Waals surface area contributed by atoms with Crippen molar-refractivity contribution in [1.82, 2.24) is 29.4 Å². The van der Waals surface area contributed by atoms with Crippen LogP contribution in [0.3, 0.4) is 0 Å². The van der Waals surface area contributed by atoms with Gasteiger partial charge in [-0.25, -0.2) is 9.67 Å². The van der Waals surface area contributed by atoms with Gasteiger partial charge in [0.2, 0.25) is 5.91 Å². The molecule has 3 heterocycles. The van der Waals surface area contributed by atoms with Crippen molar-refractivity contribution in [3.8, 4) is 22.7 Å². The van der Waals surface area contributed by atoms with Gasteiger partial charge in [0.1, 0.15) is 24.0 Å². The predicted molar refractivity (Wildman–Crippen MR) is 133 cm³/mol. The van der Waals surface area contributed by atoms with E-state index in [-0.39, 0.29) is 5.92 Å². The van der Waals surface area contributed by atoms with E-state index in [9.17, 15) is 18.0 Å². The Hall–Kier alpha value is -3.41. The average molecular weight is 577 g/mol. The summed E-state index contributed by atoms with van der Waals surface area (Å²) in [5.41, 5.74) is 2.82. The number of alkyl halides is 3. The third-order valence-electron chi connectivity index (χ3n) is 6.65. The summed E-state index contributed by atoms with van der Waals surface area (Å²) in [7, 11) is 1.56. The monoisotopic (exact) mass is 576 g/mol. The van der Waals surface area contributed by atoms with Crippen LogP contribution in [0.2, 0.25) is 0 Å². The first-order valence-corrected chi connectivity index (χ1v) is 12.5. The molecule has 3 unspecified atom stereocenters. The van der Waals surface area contributed by atoms with Gasteiger partial charge < -0.3 is 14.2 Å². The highest BCUT2D eigenvalue weighted by Gasteiger charge is 2.44. The van der Waals surface area contributed by atoms with E-state index in [0.717, 1.165) is 20.8 Å². The van der Waals surface area contributed by atoms with E-state index in [2.05, 4.69) is 31.2 Å². The maximum Gasteiger partial charge on any atom is 0.406 e. The highest BCUT2D eigenvalue weighted by atomic mass is 79.9. The number of nitrogens with zero attached hydrogens (tertiary/aromatic N) is 6. The quantitative estimate of drug-likeness (QED) is 0.427. The number of hydrogen-bond donors (Lipinski definition) is 0. The SMILES string of the molecule is COc1cc(-c2cn(C3CCC4C(Br)=CC=CC4N(CC(F)(F)F)C3=O)nn2)ccc1-n1cnc(C)c1. The van der Waals surface area contributed by atoms with E-state index in [1.807, 2.05) is 35.9 Å². The number of carbonyl (C=O) groups excluding carboxylic acids is 1. The van der Waals surface area contributed by atoms with Crippen LogP contribution in [0.1, 0.15) is 24.6 Å². The molecule has 0 radical (unpaired) electrons. The number of allylic oxidation sites excluding steroid dienone is 2. The summed E-state index contributed by atoms with van der Waals surface area (Å²) in [6.45, 7) is 0.558. The van der Waals surface area contributed by atoms with Crippen molar-refractivity contribution in [3.63, 3.8) is 0 Å². The lowest BCUT2D eigenvalue weighted by atomic mass is 9.90. The molecule has 1 aromatic carbocycles. The van der Waals surface area contributed by atoms with Gasteiger partial charge in [0.15, 0.2) is 0 Å². The number of aromatic nitrogens is 5. The lowest BCUT2D eigenvalue weighted by molar-refractivity contribution is -0.166. The summed E-state index contributed by atoms with van der Waals surface area (Å²) in [5, 5.41) is 8.38. The lowest BCUT2D eigenvalue weighted by Crippen LogP contribution is -2.49. The molecule has 1 aliphatic carbocycles. The van der Waals surface area contributed by atoms with Crippen LogP contribution in [0.5, 0.6) is 5.75 Å². The van der Waals surface area contributed by atoms with E-state index in [1.165, 1.54) is 4.68 Å². The number of likely N-dealkylation sites (tertiary alicyclic amines) is 1. The molecule has 1 aliphatic heterocycles. The van der Waals surface area contributed by atoms with Crippen LogP contribution >= 0.6 is 15.9 Å². The van der Waals surface area contributed by atoms with E-state index in [1.54, 1.807) is 37.9 Å². The smallest absolute Gasteiger partial charge is 0.406 e. The zero-order chi connectivity index (χ0) is 26.3. The molecule has 3 aromatic rings. The van der Waals surface area contributed by atoms with E-state index in [0.29, 0.717) is 29.8 Å². The second-order valence-corrected chi connectivity index (χ2v) is 10.0. The van der Waals surface area contributed by atoms with Gasteiger partial charge >= 0.3 is 6.18 Å². The third-order valence-corrected chi connectivity index (χ3v) is 7.51. The summed E-state index contributed by atoms with van der Waals surface area (Å²) in [6.07, 6.45) is 6.62. The van der Waals surface area contributed by atoms with Crippen molar-refractivity contribution in [2.24, 2.45) is 5.92 Å². The van der Waals surface area contributed by atoms with Crippen molar-refractivity contribution >= 4 is 21.8 Å². The van der Waals surface area contributed by atoms with Gasteiger partial charge in [0.25, 0.3) is 0 Å². The van der Waals surface area contributed by atoms with Crippen LogP contribution in [0, 0.1) is 12.8 Å². The zero-order valence-corrected chi connectivity index (χ0v) is 21.6. The zero-order valence-electron chi connectivity index (χ0n) is 20.1. The first-order chi connectivity index (χ1) is 17.6. The van der Waals surface area contributed by atoms with E-state index < -0.39 is 30.7 Å². The molecule has 2 aromatic heterocycles. The Labute approximate surface area is 219 Å². The van der Waals surface area contributed by atoms with Crippen LogP contribution < -0.4 is 4.74 Å². The van der Waals surface area contributed by atoms with Gasteiger partial charge in [-0.15, -0.1) is 5.10 Å². The Morgan fingerprint density at radius 3 is 2.73 bits per heavy atom. The van der Waals surface area contributed by atoms with Crippen LogP contribution in [-0.2, 0) is 4.79 Å². The molecule has 12 heteroatoms. The maximum absolute atomic E-state index is 13.5. The molecule has 1 saturated heterocycles. The second kappa shape index (κ2) is 9.81. The number of halogens is 4. The first kappa shape index (κ1) is 25.2. The average Bonchev–Trinajstić information content (AvgIpc) is 3.49. The normalized spacial score (nSPS) is 22.0. The fourth-order valence-corrected chi connectivity index (χ4v) is 5.55. The number of fused-ring (bicyclic) bond motifs is 1. The molecular weight excluding hydrogens is 553 g/mol. The molecule has 37 heavy (non-hydrogen) atoms. The molecule has 194 valence electrons. The topological polar surface area (TPSA) is 78.1 Å². The molecule has 1 amide bonds. The molecule has 0 bridgehead atoms. The fraction of sp³-hybridized carbons (Fsp3) is 0.360. The molecular formula is C25H24BrF3N6O2. The van der Waals surface area contributed by atoms with E-state index >= 15 is 0 Å². The molecule has 0 spiro atoms. The second-order valence-electron chi connectivity index (χ2n) is 9.10. The van der Waals surface area contributed by atoms with Gasteiger partial charge in [0.05, 0.1) is 37.1 Å². The summed E-state index contributed by atoms with van der Waals surface area (Å²) in [5.74, 6) is -0.303. The van der Waals surface area contributed by atoms with Gasteiger partial charge in [-0.3, -0.25) is 4.79 Å². The maximum atomic E-state index is 13.5. The van der Waals surface area contributed by atoms with Crippen LogP contribution in [0.4, 0.5) is 13.2 Å². The van der Waals surface area contributed by atoms with Crippen LogP contribution in [-0.4, -0.2) is 61.2 Å². The Bertz CT molecular complexity index is 1380. The third kappa shape index (κ3) is 5.07. The summed E-state index contributed by atoms with van der Waals surface area (Å²) >= 11 is 3.48. The van der Waals surface area contributed by atoms with Crippen LogP contribution in [0.25, 0.3) is 16.9 Å². The molecule has 8 nitrogen and oxygen atoms in total. The van der Waals surface area contributed by atoms with Crippen LogP contribution in [0.15, 0.2) is 59.6 Å². The minimum atomic E-state index is -4.53. The Kier molecular flexibility index (Phi) is 6.69. The fourth-order valence-electron chi connectivity index (χ4n) is 4.90. The van der Waals surface area contributed by atoms with Gasteiger partial charge in [-0.2, -0.15) is 13.2 Å². The Morgan fingerprint density at radius 1 is 1.22 bits per heavy atom.